The van der Waals surface area contributed by atoms with E-state index in [1.165, 1.54) is 0 Å². The molecule has 3 nitrogen and oxygen atoms in total. The van der Waals surface area contributed by atoms with E-state index < -0.39 is 0 Å². The van der Waals surface area contributed by atoms with E-state index in [4.69, 9.17) is 4.74 Å². The molecular formula is C11H23NO2. The molecule has 0 radical (unpaired) electrons. The van der Waals surface area contributed by atoms with Gasteiger partial charge in [-0.05, 0) is 33.9 Å². The van der Waals surface area contributed by atoms with Crippen molar-refractivity contribution in [3.05, 3.63) is 0 Å². The lowest BCUT2D eigenvalue weighted by Crippen LogP contribution is -2.47. The van der Waals surface area contributed by atoms with Gasteiger partial charge in [-0.15, -0.1) is 0 Å². The fourth-order valence-corrected chi connectivity index (χ4v) is 1.38. The molecule has 3 heteroatoms. The molecular weight excluding hydrogens is 178 g/mol. The van der Waals surface area contributed by atoms with Crippen LogP contribution in [0.15, 0.2) is 0 Å². The van der Waals surface area contributed by atoms with Crippen LogP contribution < -0.4 is 0 Å². The van der Waals surface area contributed by atoms with Crippen LogP contribution in [0.25, 0.3) is 0 Å². The molecule has 0 bridgehead atoms. The summed E-state index contributed by atoms with van der Waals surface area (Å²) in [5.41, 5.74) is -0.119. The van der Waals surface area contributed by atoms with Crippen LogP contribution in [0.5, 0.6) is 0 Å². The average molecular weight is 201 g/mol. The van der Waals surface area contributed by atoms with E-state index in [2.05, 4.69) is 25.7 Å². The SMILES string of the molecule is CCOC(=O)CC(C)(C(C)C)N(C)C. The van der Waals surface area contributed by atoms with Crippen molar-refractivity contribution in [2.24, 2.45) is 5.92 Å². The van der Waals surface area contributed by atoms with Crippen LogP contribution in [0.3, 0.4) is 0 Å². The molecule has 0 aromatic carbocycles. The lowest BCUT2D eigenvalue weighted by Gasteiger charge is -2.39. The van der Waals surface area contributed by atoms with Crippen molar-refractivity contribution < 1.29 is 9.53 Å². The van der Waals surface area contributed by atoms with Crippen molar-refractivity contribution in [3.63, 3.8) is 0 Å². The third-order valence-electron chi connectivity index (χ3n) is 3.07. The molecule has 0 heterocycles. The molecule has 1 atom stereocenters. The van der Waals surface area contributed by atoms with Gasteiger partial charge in [0.1, 0.15) is 0 Å². The van der Waals surface area contributed by atoms with E-state index >= 15 is 0 Å². The number of rotatable bonds is 5. The van der Waals surface area contributed by atoms with Gasteiger partial charge in [-0.3, -0.25) is 4.79 Å². The maximum absolute atomic E-state index is 11.4. The molecule has 0 aliphatic carbocycles. The maximum atomic E-state index is 11.4. The third kappa shape index (κ3) is 3.29. The average Bonchev–Trinajstić information content (AvgIpc) is 2.03. The van der Waals surface area contributed by atoms with Crippen LogP contribution >= 0.6 is 0 Å². The molecule has 1 unspecified atom stereocenters. The van der Waals surface area contributed by atoms with Crippen molar-refractivity contribution in [2.45, 2.75) is 39.7 Å². The minimum Gasteiger partial charge on any atom is -0.466 e. The zero-order valence-electron chi connectivity index (χ0n) is 10.3. The molecule has 0 rings (SSSR count). The van der Waals surface area contributed by atoms with Crippen molar-refractivity contribution in [2.75, 3.05) is 20.7 Å². The molecule has 0 aromatic rings. The van der Waals surface area contributed by atoms with Crippen LogP contribution in [0.4, 0.5) is 0 Å². The Morgan fingerprint density at radius 1 is 1.43 bits per heavy atom. The Bertz CT molecular complexity index is 180. The molecule has 0 amide bonds. The zero-order valence-corrected chi connectivity index (χ0v) is 10.3. The van der Waals surface area contributed by atoms with Gasteiger partial charge in [0, 0.05) is 5.54 Å². The first-order chi connectivity index (χ1) is 6.34. The zero-order chi connectivity index (χ0) is 11.4. The summed E-state index contributed by atoms with van der Waals surface area (Å²) in [4.78, 5) is 13.5. The number of ether oxygens (including phenoxy) is 1. The highest BCUT2D eigenvalue weighted by molar-refractivity contribution is 5.70. The minimum absolute atomic E-state index is 0.114. The predicted octanol–water partition coefficient (Wildman–Crippen LogP) is 1.92. The molecule has 0 saturated heterocycles. The van der Waals surface area contributed by atoms with Crippen molar-refractivity contribution in [3.8, 4) is 0 Å². The highest BCUT2D eigenvalue weighted by atomic mass is 16.5. The van der Waals surface area contributed by atoms with Gasteiger partial charge < -0.3 is 9.64 Å². The summed E-state index contributed by atoms with van der Waals surface area (Å²) in [6.07, 6.45) is 0.450. The van der Waals surface area contributed by atoms with Gasteiger partial charge in [0.05, 0.1) is 13.0 Å². The summed E-state index contributed by atoms with van der Waals surface area (Å²) in [5, 5.41) is 0. The summed E-state index contributed by atoms with van der Waals surface area (Å²) < 4.78 is 4.97. The Balaban J connectivity index is 4.45. The second-order valence-electron chi connectivity index (χ2n) is 4.39. The normalized spacial score (nSPS) is 15.7. The number of esters is 1. The van der Waals surface area contributed by atoms with Crippen molar-refractivity contribution in [1.82, 2.24) is 4.90 Å². The second kappa shape index (κ2) is 5.35. The topological polar surface area (TPSA) is 29.5 Å². The van der Waals surface area contributed by atoms with Gasteiger partial charge in [-0.25, -0.2) is 0 Å². The van der Waals surface area contributed by atoms with Gasteiger partial charge >= 0.3 is 5.97 Å². The number of carbonyl (C=O) groups excluding carboxylic acids is 1. The van der Waals surface area contributed by atoms with Crippen molar-refractivity contribution >= 4 is 5.97 Å². The number of carbonyl (C=O) groups is 1. The molecule has 0 fully saturated rings. The summed E-state index contributed by atoms with van der Waals surface area (Å²) in [5.74, 6) is 0.305. The smallest absolute Gasteiger partial charge is 0.307 e. The Morgan fingerprint density at radius 2 is 1.93 bits per heavy atom. The number of nitrogens with zero attached hydrogens (tertiary/aromatic N) is 1. The molecule has 0 saturated carbocycles. The molecule has 0 aliphatic heterocycles. The van der Waals surface area contributed by atoms with E-state index in [1.807, 2.05) is 21.0 Å². The fourth-order valence-electron chi connectivity index (χ4n) is 1.38. The monoisotopic (exact) mass is 201 g/mol. The lowest BCUT2D eigenvalue weighted by molar-refractivity contribution is -0.146. The van der Waals surface area contributed by atoms with Gasteiger partial charge in [0.25, 0.3) is 0 Å². The van der Waals surface area contributed by atoms with E-state index in [9.17, 15) is 4.79 Å². The maximum Gasteiger partial charge on any atom is 0.307 e. The molecule has 0 spiro atoms. The van der Waals surface area contributed by atoms with Crippen LogP contribution in [0.2, 0.25) is 0 Å². The first-order valence-electron chi connectivity index (χ1n) is 5.17. The standard InChI is InChI=1S/C11H23NO2/c1-7-14-10(13)8-11(4,9(2)3)12(5)6/h9H,7-8H2,1-6H3. The largest absolute Gasteiger partial charge is 0.466 e. The Kier molecular flexibility index (Phi) is 5.13. The highest BCUT2D eigenvalue weighted by Gasteiger charge is 2.33. The molecule has 0 aliphatic rings. The summed E-state index contributed by atoms with van der Waals surface area (Å²) >= 11 is 0. The first kappa shape index (κ1) is 13.4. The molecule has 14 heavy (non-hydrogen) atoms. The van der Waals surface area contributed by atoms with Crippen LogP contribution in [-0.4, -0.2) is 37.1 Å². The van der Waals surface area contributed by atoms with E-state index in [-0.39, 0.29) is 11.5 Å². The van der Waals surface area contributed by atoms with Gasteiger partial charge in [0.2, 0.25) is 0 Å². The first-order valence-corrected chi connectivity index (χ1v) is 5.17. The lowest BCUT2D eigenvalue weighted by atomic mass is 9.84. The summed E-state index contributed by atoms with van der Waals surface area (Å²) in [6.45, 7) is 8.63. The second-order valence-corrected chi connectivity index (χ2v) is 4.39. The summed E-state index contributed by atoms with van der Waals surface area (Å²) in [6, 6.07) is 0. The van der Waals surface area contributed by atoms with Gasteiger partial charge in [0.15, 0.2) is 0 Å². The van der Waals surface area contributed by atoms with E-state index in [1.54, 1.807) is 0 Å². The van der Waals surface area contributed by atoms with E-state index in [0.717, 1.165) is 0 Å². The Hall–Kier alpha value is -0.570. The molecule has 0 aromatic heterocycles. The Labute approximate surface area is 87.4 Å². The predicted molar refractivity (Wildman–Crippen MR) is 58.2 cm³/mol. The summed E-state index contributed by atoms with van der Waals surface area (Å²) in [7, 11) is 4.00. The molecule has 84 valence electrons. The van der Waals surface area contributed by atoms with Crippen LogP contribution in [0, 0.1) is 5.92 Å². The van der Waals surface area contributed by atoms with Crippen LogP contribution in [0.1, 0.15) is 34.1 Å². The Morgan fingerprint density at radius 3 is 2.21 bits per heavy atom. The molecule has 0 N–H and O–H groups in total. The van der Waals surface area contributed by atoms with Crippen molar-refractivity contribution in [1.29, 1.82) is 0 Å². The fraction of sp³-hybridized carbons (Fsp3) is 0.909. The third-order valence-corrected chi connectivity index (χ3v) is 3.07. The number of hydrogen-bond donors (Lipinski definition) is 0. The van der Waals surface area contributed by atoms with Crippen LogP contribution in [-0.2, 0) is 9.53 Å². The van der Waals surface area contributed by atoms with Gasteiger partial charge in [-0.1, -0.05) is 13.8 Å². The number of hydrogen-bond acceptors (Lipinski definition) is 3. The van der Waals surface area contributed by atoms with E-state index in [0.29, 0.717) is 18.9 Å². The highest BCUT2D eigenvalue weighted by Crippen LogP contribution is 2.26. The quantitative estimate of drug-likeness (QED) is 0.636. The minimum atomic E-state index is -0.119. The van der Waals surface area contributed by atoms with Gasteiger partial charge in [-0.2, -0.15) is 0 Å².